The third kappa shape index (κ3) is 2.57. The van der Waals surface area contributed by atoms with Crippen molar-refractivity contribution in [3.05, 3.63) is 17.5 Å². The van der Waals surface area contributed by atoms with E-state index in [-0.39, 0.29) is 12.4 Å². The standard InChI is InChI=1S/C7H12PS.ClH/c1-8(2,3)7-5-4-6-9-7;/h4-6H,1-3H3;1H/q+1;. The van der Waals surface area contributed by atoms with Crippen molar-refractivity contribution in [1.29, 1.82) is 0 Å². The van der Waals surface area contributed by atoms with E-state index >= 15 is 0 Å². The molecule has 3 heteroatoms. The molecule has 0 bridgehead atoms. The molecule has 0 amide bonds. The van der Waals surface area contributed by atoms with E-state index in [1.807, 2.05) is 11.3 Å². The summed E-state index contributed by atoms with van der Waals surface area (Å²) in [6, 6.07) is 4.36. The molecule has 58 valence electrons. The molecule has 0 unspecified atom stereocenters. The summed E-state index contributed by atoms with van der Waals surface area (Å²) in [6.07, 6.45) is 0. The van der Waals surface area contributed by atoms with Crippen LogP contribution in [-0.4, -0.2) is 20.0 Å². The van der Waals surface area contributed by atoms with E-state index in [0.29, 0.717) is 0 Å². The number of rotatable bonds is 1. The van der Waals surface area contributed by atoms with Crippen LogP contribution < -0.4 is 4.62 Å². The second-order valence-corrected chi connectivity index (χ2v) is 8.72. The van der Waals surface area contributed by atoms with E-state index < -0.39 is 7.26 Å². The first-order valence-electron chi connectivity index (χ1n) is 2.96. The zero-order chi connectivity index (χ0) is 6.91. The minimum atomic E-state index is -0.702. The van der Waals surface area contributed by atoms with Gasteiger partial charge in [-0.2, -0.15) is 0 Å². The monoisotopic (exact) mass is 195 g/mol. The van der Waals surface area contributed by atoms with E-state index in [1.165, 1.54) is 0 Å². The zero-order valence-corrected chi connectivity index (χ0v) is 9.02. The SMILES string of the molecule is C[P+](C)(C)c1cccs1.Cl. The van der Waals surface area contributed by atoms with Crippen LogP contribution in [0.3, 0.4) is 0 Å². The molecule has 0 spiro atoms. The Hall–Kier alpha value is 0.420. The molecule has 1 aromatic heterocycles. The van der Waals surface area contributed by atoms with E-state index in [4.69, 9.17) is 0 Å². The van der Waals surface area contributed by atoms with Crippen molar-refractivity contribution in [3.8, 4) is 0 Å². The zero-order valence-electron chi connectivity index (χ0n) is 6.50. The molecular weight excluding hydrogens is 183 g/mol. The Morgan fingerprint density at radius 3 is 2.10 bits per heavy atom. The highest BCUT2D eigenvalue weighted by Gasteiger charge is 2.21. The van der Waals surface area contributed by atoms with Gasteiger partial charge in [-0.1, -0.05) is 0 Å². The Morgan fingerprint density at radius 1 is 1.30 bits per heavy atom. The average molecular weight is 196 g/mol. The highest BCUT2D eigenvalue weighted by molar-refractivity contribution is 7.85. The minimum Gasteiger partial charge on any atom is -0.147 e. The highest BCUT2D eigenvalue weighted by Crippen LogP contribution is 2.46. The molecule has 0 saturated heterocycles. The lowest BCUT2D eigenvalue weighted by Crippen LogP contribution is -2.00. The van der Waals surface area contributed by atoms with Gasteiger partial charge in [-0.3, -0.25) is 0 Å². The van der Waals surface area contributed by atoms with Gasteiger partial charge < -0.3 is 0 Å². The van der Waals surface area contributed by atoms with Gasteiger partial charge in [-0.25, -0.2) is 0 Å². The summed E-state index contributed by atoms with van der Waals surface area (Å²) in [4.78, 5) is 0. The van der Waals surface area contributed by atoms with Crippen LogP contribution in [-0.2, 0) is 0 Å². The van der Waals surface area contributed by atoms with Gasteiger partial charge in [0.2, 0.25) is 0 Å². The summed E-state index contributed by atoms with van der Waals surface area (Å²) in [7, 11) is -0.702. The molecule has 0 saturated carbocycles. The van der Waals surface area contributed by atoms with Crippen LogP contribution in [0, 0.1) is 0 Å². The number of hydrogen-bond acceptors (Lipinski definition) is 1. The minimum absolute atomic E-state index is 0. The van der Waals surface area contributed by atoms with E-state index in [2.05, 4.69) is 37.5 Å². The van der Waals surface area contributed by atoms with E-state index in [0.717, 1.165) is 0 Å². The van der Waals surface area contributed by atoms with Crippen molar-refractivity contribution < 1.29 is 0 Å². The van der Waals surface area contributed by atoms with Gasteiger partial charge in [0, 0.05) is 7.26 Å². The molecule has 0 atom stereocenters. The molecular formula is C7H13ClPS+. The van der Waals surface area contributed by atoms with E-state index in [1.54, 1.807) is 4.62 Å². The smallest absolute Gasteiger partial charge is 0.145 e. The highest BCUT2D eigenvalue weighted by atomic mass is 35.5. The Labute approximate surface area is 73.4 Å². The van der Waals surface area contributed by atoms with Crippen molar-refractivity contribution >= 4 is 35.6 Å². The van der Waals surface area contributed by atoms with Gasteiger partial charge in [0.25, 0.3) is 0 Å². The fraction of sp³-hybridized carbons (Fsp3) is 0.429. The predicted octanol–water partition coefficient (Wildman–Crippen LogP) is 2.70. The number of thiophene rings is 1. The molecule has 0 radical (unpaired) electrons. The summed E-state index contributed by atoms with van der Waals surface area (Å²) in [6.45, 7) is 7.04. The van der Waals surface area contributed by atoms with Gasteiger partial charge in [-0.05, 0) is 17.5 Å². The second-order valence-electron chi connectivity index (χ2n) is 2.96. The topological polar surface area (TPSA) is 0 Å². The lowest BCUT2D eigenvalue weighted by atomic mass is 10.7. The quantitative estimate of drug-likeness (QED) is 0.605. The van der Waals surface area contributed by atoms with Crippen molar-refractivity contribution in [2.45, 2.75) is 0 Å². The van der Waals surface area contributed by atoms with Crippen LogP contribution in [0.25, 0.3) is 0 Å². The second kappa shape index (κ2) is 3.71. The Kier molecular flexibility index (Phi) is 3.86. The van der Waals surface area contributed by atoms with Crippen molar-refractivity contribution in [2.24, 2.45) is 0 Å². The summed E-state index contributed by atoms with van der Waals surface area (Å²) in [5, 5.41) is 2.15. The molecule has 0 fully saturated rings. The molecule has 1 heterocycles. The number of hydrogen-bond donors (Lipinski definition) is 0. The van der Waals surface area contributed by atoms with Crippen LogP contribution >= 0.6 is 31.0 Å². The summed E-state index contributed by atoms with van der Waals surface area (Å²) < 4.78 is 1.57. The van der Waals surface area contributed by atoms with Crippen LogP contribution in [0.5, 0.6) is 0 Å². The van der Waals surface area contributed by atoms with Crippen molar-refractivity contribution in [1.82, 2.24) is 0 Å². The lowest BCUT2D eigenvalue weighted by molar-refractivity contribution is 1.98. The lowest BCUT2D eigenvalue weighted by Gasteiger charge is -2.06. The molecule has 10 heavy (non-hydrogen) atoms. The van der Waals surface area contributed by atoms with Gasteiger partial charge in [-0.15, -0.1) is 23.7 Å². The summed E-state index contributed by atoms with van der Waals surface area (Å²) in [5.74, 6) is 0. The Morgan fingerprint density at radius 2 is 1.90 bits per heavy atom. The maximum Gasteiger partial charge on any atom is 0.145 e. The van der Waals surface area contributed by atoms with Crippen LogP contribution in [0.1, 0.15) is 0 Å². The molecule has 0 nitrogen and oxygen atoms in total. The summed E-state index contributed by atoms with van der Waals surface area (Å²) in [5.41, 5.74) is 0. The predicted molar refractivity (Wildman–Crippen MR) is 55.9 cm³/mol. The number of halogens is 1. The van der Waals surface area contributed by atoms with Gasteiger partial charge in [0.15, 0.2) is 0 Å². The molecule has 0 aliphatic carbocycles. The van der Waals surface area contributed by atoms with E-state index in [9.17, 15) is 0 Å². The van der Waals surface area contributed by atoms with Gasteiger partial charge >= 0.3 is 0 Å². The molecule has 0 aromatic carbocycles. The normalized spacial score (nSPS) is 10.7. The summed E-state index contributed by atoms with van der Waals surface area (Å²) >= 11 is 1.88. The Balaban J connectivity index is 0.000000810. The largest absolute Gasteiger partial charge is 0.147 e. The van der Waals surface area contributed by atoms with Crippen molar-refractivity contribution in [2.75, 3.05) is 20.0 Å². The Bertz CT molecular complexity index is 176. The third-order valence-electron chi connectivity index (χ3n) is 1.17. The first kappa shape index (κ1) is 10.4. The molecule has 0 aliphatic heterocycles. The van der Waals surface area contributed by atoms with Crippen LogP contribution in [0.15, 0.2) is 17.5 Å². The van der Waals surface area contributed by atoms with Gasteiger partial charge in [0.05, 0.1) is 20.0 Å². The third-order valence-corrected chi connectivity index (χ3v) is 5.27. The maximum atomic E-state index is 2.35. The first-order valence-corrected chi connectivity index (χ1v) is 6.97. The maximum absolute atomic E-state index is 2.35. The van der Waals surface area contributed by atoms with Crippen molar-refractivity contribution in [3.63, 3.8) is 0 Å². The van der Waals surface area contributed by atoms with Crippen LogP contribution in [0.4, 0.5) is 0 Å². The molecule has 1 aromatic rings. The fourth-order valence-electron chi connectivity index (χ4n) is 0.652. The molecule has 0 aliphatic rings. The molecule has 1 rings (SSSR count). The first-order chi connectivity index (χ1) is 4.11. The fourth-order valence-corrected chi connectivity index (χ4v) is 3.09. The average Bonchev–Trinajstić information content (AvgIpc) is 2.08. The van der Waals surface area contributed by atoms with Gasteiger partial charge in [0.1, 0.15) is 4.62 Å². The van der Waals surface area contributed by atoms with Crippen LogP contribution in [0.2, 0.25) is 0 Å². The molecule has 0 N–H and O–H groups in total.